The van der Waals surface area contributed by atoms with Crippen LogP contribution in [0.25, 0.3) is 33.4 Å². The molecule has 0 aliphatic heterocycles. The molecule has 0 spiro atoms. The minimum absolute atomic E-state index is 0.442. The molecular weight excluding hydrogens is 330 g/mol. The number of fused-ring (bicyclic) bond motifs is 1. The van der Waals surface area contributed by atoms with Crippen LogP contribution in [0.2, 0.25) is 0 Å². The summed E-state index contributed by atoms with van der Waals surface area (Å²) in [5.41, 5.74) is 9.99. The Hall–Kier alpha value is -3.61. The third-order valence-electron chi connectivity index (χ3n) is 4.23. The highest BCUT2D eigenvalue weighted by atomic mass is 16.5. The number of rotatable bonds is 4. The number of H-pyrrole nitrogens is 1. The summed E-state index contributed by atoms with van der Waals surface area (Å²) in [6, 6.07) is 15.5. The van der Waals surface area contributed by atoms with Crippen LogP contribution in [0.5, 0.6) is 11.5 Å². The van der Waals surface area contributed by atoms with Gasteiger partial charge in [0.1, 0.15) is 11.5 Å². The summed E-state index contributed by atoms with van der Waals surface area (Å²) in [6.07, 6.45) is 0. The molecule has 0 atom stereocenters. The smallest absolute Gasteiger partial charge is 0.205 e. The third-order valence-corrected chi connectivity index (χ3v) is 4.23. The van der Waals surface area contributed by atoms with E-state index in [-0.39, 0.29) is 0 Å². The lowest BCUT2D eigenvalue weighted by molar-refractivity contribution is 0.355. The molecule has 0 amide bonds. The molecule has 0 saturated heterocycles. The maximum absolute atomic E-state index is 6.15. The predicted molar refractivity (Wildman–Crippen MR) is 100 cm³/mol. The molecule has 2 aromatic heterocycles. The van der Waals surface area contributed by atoms with Gasteiger partial charge in [-0.3, -0.25) is 5.10 Å². The Kier molecular flexibility index (Phi) is 3.89. The van der Waals surface area contributed by atoms with Crippen molar-refractivity contribution in [3.63, 3.8) is 0 Å². The summed E-state index contributed by atoms with van der Waals surface area (Å²) in [5.74, 6) is 1.71. The van der Waals surface area contributed by atoms with Crippen LogP contribution in [-0.4, -0.2) is 34.6 Å². The third kappa shape index (κ3) is 2.50. The molecule has 3 N–H and O–H groups in total. The molecule has 7 heteroatoms. The van der Waals surface area contributed by atoms with Gasteiger partial charge in [-0.2, -0.15) is 5.10 Å². The molecule has 130 valence electrons. The molecule has 0 fully saturated rings. The average Bonchev–Trinajstić information content (AvgIpc) is 3.08. The van der Waals surface area contributed by atoms with Gasteiger partial charge in [-0.1, -0.05) is 36.4 Å². The molecule has 2 heterocycles. The molecule has 0 saturated carbocycles. The van der Waals surface area contributed by atoms with Crippen molar-refractivity contribution in [2.24, 2.45) is 0 Å². The Labute approximate surface area is 149 Å². The lowest BCUT2D eigenvalue weighted by Gasteiger charge is -2.13. The second-order valence-corrected chi connectivity index (χ2v) is 5.70. The molecule has 0 bridgehead atoms. The fourth-order valence-corrected chi connectivity index (χ4v) is 3.00. The second-order valence-electron chi connectivity index (χ2n) is 5.70. The standard InChI is InChI=1S/C19H17N5O2/c1-25-13-9-8-12(10-14(13)26-2)15-16-18(20)22-24-19(16)23-21-17(15)11-6-4-3-5-7-11/h3-10H,1-2H3,(H3,20,22,23,24). The van der Waals surface area contributed by atoms with Crippen LogP contribution in [0.1, 0.15) is 0 Å². The van der Waals surface area contributed by atoms with Gasteiger partial charge in [0.15, 0.2) is 11.5 Å². The van der Waals surface area contributed by atoms with E-state index in [4.69, 9.17) is 15.2 Å². The maximum Gasteiger partial charge on any atom is 0.205 e. The molecule has 2 aromatic carbocycles. The summed E-state index contributed by atoms with van der Waals surface area (Å²) in [4.78, 5) is 0. The van der Waals surface area contributed by atoms with Crippen molar-refractivity contribution < 1.29 is 9.47 Å². The number of ether oxygens (including phenoxy) is 2. The molecule has 0 unspecified atom stereocenters. The van der Waals surface area contributed by atoms with Crippen molar-refractivity contribution in [2.75, 3.05) is 20.0 Å². The maximum atomic E-state index is 6.15. The Balaban J connectivity index is 2.05. The van der Waals surface area contributed by atoms with E-state index in [0.29, 0.717) is 23.0 Å². The first kappa shape index (κ1) is 15.9. The van der Waals surface area contributed by atoms with Crippen molar-refractivity contribution >= 4 is 16.9 Å². The molecule has 26 heavy (non-hydrogen) atoms. The number of nitrogens with zero attached hydrogens (tertiary/aromatic N) is 3. The zero-order chi connectivity index (χ0) is 18.1. The number of methoxy groups -OCH3 is 2. The number of aromatic amines is 1. The molecule has 0 radical (unpaired) electrons. The van der Waals surface area contributed by atoms with Gasteiger partial charge in [0, 0.05) is 11.1 Å². The Morgan fingerprint density at radius 1 is 0.885 bits per heavy atom. The Bertz CT molecular complexity index is 1080. The highest BCUT2D eigenvalue weighted by Crippen LogP contribution is 2.40. The van der Waals surface area contributed by atoms with E-state index in [1.807, 2.05) is 48.5 Å². The first-order valence-corrected chi connectivity index (χ1v) is 8.01. The van der Waals surface area contributed by atoms with Crippen molar-refractivity contribution in [3.8, 4) is 33.9 Å². The summed E-state index contributed by atoms with van der Waals surface area (Å²) < 4.78 is 10.8. The monoisotopic (exact) mass is 347 g/mol. The van der Waals surface area contributed by atoms with E-state index < -0.39 is 0 Å². The van der Waals surface area contributed by atoms with Crippen molar-refractivity contribution in [3.05, 3.63) is 48.5 Å². The summed E-state index contributed by atoms with van der Waals surface area (Å²) >= 11 is 0. The number of benzene rings is 2. The van der Waals surface area contributed by atoms with E-state index in [2.05, 4.69) is 20.4 Å². The van der Waals surface area contributed by atoms with Crippen LogP contribution >= 0.6 is 0 Å². The lowest BCUT2D eigenvalue weighted by Crippen LogP contribution is -1.97. The first-order valence-electron chi connectivity index (χ1n) is 8.01. The van der Waals surface area contributed by atoms with Crippen molar-refractivity contribution in [1.82, 2.24) is 20.4 Å². The molecule has 4 aromatic rings. The molecule has 0 aliphatic carbocycles. The van der Waals surface area contributed by atoms with Gasteiger partial charge in [0.25, 0.3) is 0 Å². The van der Waals surface area contributed by atoms with Gasteiger partial charge in [-0.05, 0) is 17.7 Å². The molecule has 7 nitrogen and oxygen atoms in total. The predicted octanol–water partition coefficient (Wildman–Crippen LogP) is 3.29. The van der Waals surface area contributed by atoms with Crippen LogP contribution in [0.3, 0.4) is 0 Å². The van der Waals surface area contributed by atoms with Crippen molar-refractivity contribution in [1.29, 1.82) is 0 Å². The zero-order valence-electron chi connectivity index (χ0n) is 14.4. The summed E-state index contributed by atoms with van der Waals surface area (Å²) in [5, 5.41) is 16.3. The van der Waals surface area contributed by atoms with Crippen LogP contribution in [0.4, 0.5) is 5.82 Å². The van der Waals surface area contributed by atoms with Crippen LogP contribution < -0.4 is 15.2 Å². The number of nitrogen functional groups attached to an aromatic ring is 1. The number of anilines is 1. The number of aromatic nitrogens is 4. The van der Waals surface area contributed by atoms with Crippen LogP contribution in [0.15, 0.2) is 48.5 Å². The number of nitrogens with two attached hydrogens (primary N) is 1. The first-order chi connectivity index (χ1) is 12.7. The van der Waals surface area contributed by atoms with Crippen LogP contribution in [-0.2, 0) is 0 Å². The minimum Gasteiger partial charge on any atom is -0.493 e. The Morgan fingerprint density at radius 3 is 2.38 bits per heavy atom. The molecular formula is C19H17N5O2. The minimum atomic E-state index is 0.442. The summed E-state index contributed by atoms with van der Waals surface area (Å²) in [6.45, 7) is 0. The van der Waals surface area contributed by atoms with Gasteiger partial charge in [0.05, 0.1) is 19.6 Å². The highest BCUT2D eigenvalue weighted by molar-refractivity contribution is 6.05. The fourth-order valence-electron chi connectivity index (χ4n) is 3.00. The quantitative estimate of drug-likeness (QED) is 0.588. The molecule has 0 aliphatic rings. The highest BCUT2D eigenvalue weighted by Gasteiger charge is 2.20. The van der Waals surface area contributed by atoms with E-state index in [9.17, 15) is 0 Å². The topological polar surface area (TPSA) is 98.9 Å². The zero-order valence-corrected chi connectivity index (χ0v) is 14.4. The van der Waals surface area contributed by atoms with Crippen LogP contribution in [0, 0.1) is 0 Å². The molecule has 4 rings (SSSR count). The van der Waals surface area contributed by atoms with E-state index in [1.54, 1.807) is 14.2 Å². The summed E-state index contributed by atoms with van der Waals surface area (Å²) in [7, 11) is 3.21. The lowest BCUT2D eigenvalue weighted by atomic mass is 9.97. The SMILES string of the molecule is COc1ccc(-c2c(-c3ccccc3)nnc3n[nH]c(N)c23)cc1OC. The second kappa shape index (κ2) is 6.36. The van der Waals surface area contributed by atoms with Gasteiger partial charge < -0.3 is 15.2 Å². The Morgan fingerprint density at radius 2 is 1.65 bits per heavy atom. The average molecular weight is 347 g/mol. The number of hydrogen-bond acceptors (Lipinski definition) is 6. The van der Waals surface area contributed by atoms with Gasteiger partial charge in [0.2, 0.25) is 5.65 Å². The number of nitrogens with one attached hydrogen (secondary N) is 1. The van der Waals surface area contributed by atoms with E-state index in [0.717, 1.165) is 27.8 Å². The van der Waals surface area contributed by atoms with Gasteiger partial charge in [-0.25, -0.2) is 0 Å². The normalized spacial score (nSPS) is 10.8. The van der Waals surface area contributed by atoms with Crippen molar-refractivity contribution in [2.45, 2.75) is 0 Å². The van der Waals surface area contributed by atoms with Gasteiger partial charge in [-0.15, -0.1) is 10.2 Å². The van der Waals surface area contributed by atoms with E-state index >= 15 is 0 Å². The van der Waals surface area contributed by atoms with E-state index in [1.165, 1.54) is 0 Å². The fraction of sp³-hybridized carbons (Fsp3) is 0.105. The van der Waals surface area contributed by atoms with Gasteiger partial charge >= 0.3 is 0 Å². The number of hydrogen-bond donors (Lipinski definition) is 2. The largest absolute Gasteiger partial charge is 0.493 e.